The number of carbonyl (C=O) groups excluding carboxylic acids is 2. The van der Waals surface area contributed by atoms with Gasteiger partial charge < -0.3 is 24.5 Å². The standard InChI is InChI=1S/C28H33Cl2N5O8S2/c1-28(2,3)42-27(37)32-18-25(36)33-24-9-4-19(17-31-24)16-23(22-10-15-44-26(22)35(38)39)45(40,41)43-21-7-5-20(6-8-21)34(13-11-29)14-12-30/h4-10,15,17,23H,11-14,16,18H2,1-3H3,(H,32,37)(H,31,33,36). The minimum atomic E-state index is -4.47. The zero-order valence-corrected chi connectivity index (χ0v) is 27.8. The van der Waals surface area contributed by atoms with Crippen LogP contribution < -0.4 is 19.7 Å². The van der Waals surface area contributed by atoms with Gasteiger partial charge in [0.2, 0.25) is 5.91 Å². The van der Waals surface area contributed by atoms with E-state index in [1.807, 2.05) is 4.90 Å². The average molecular weight is 703 g/mol. The SMILES string of the molecule is CC(C)(C)OC(=O)NCC(=O)Nc1ccc(CC(c2ccsc2[N+](=O)[O-])S(=O)(=O)Oc2ccc(N(CCCl)CCCl)cc2)cn1. The number of alkyl carbamates (subject to hydrolysis) is 1. The lowest BCUT2D eigenvalue weighted by atomic mass is 10.1. The van der Waals surface area contributed by atoms with Crippen molar-refractivity contribution in [2.24, 2.45) is 0 Å². The molecule has 2 N–H and O–H groups in total. The maximum Gasteiger partial charge on any atom is 0.408 e. The summed E-state index contributed by atoms with van der Waals surface area (Å²) >= 11 is 12.6. The molecule has 17 heteroatoms. The van der Waals surface area contributed by atoms with Crippen LogP contribution in [0.15, 0.2) is 54.0 Å². The number of pyridine rings is 1. The van der Waals surface area contributed by atoms with E-state index < -0.39 is 37.9 Å². The smallest absolute Gasteiger partial charge is 0.408 e. The van der Waals surface area contributed by atoms with Gasteiger partial charge >= 0.3 is 21.2 Å². The summed E-state index contributed by atoms with van der Waals surface area (Å²) in [6.07, 6.45) is 0.376. The minimum Gasteiger partial charge on any atom is -0.444 e. The Morgan fingerprint density at radius 2 is 1.76 bits per heavy atom. The first kappa shape index (κ1) is 35.8. The Kier molecular flexibility index (Phi) is 12.8. The molecule has 0 bridgehead atoms. The molecule has 45 heavy (non-hydrogen) atoms. The summed E-state index contributed by atoms with van der Waals surface area (Å²) in [6.45, 7) is 5.78. The summed E-state index contributed by atoms with van der Waals surface area (Å²) in [5.74, 6) is 0.346. The Morgan fingerprint density at radius 1 is 1.09 bits per heavy atom. The summed E-state index contributed by atoms with van der Waals surface area (Å²) in [4.78, 5) is 41.2. The van der Waals surface area contributed by atoms with E-state index in [2.05, 4.69) is 15.6 Å². The van der Waals surface area contributed by atoms with Crippen molar-refractivity contribution in [1.82, 2.24) is 10.3 Å². The molecule has 3 aromatic rings. The average Bonchev–Trinajstić information content (AvgIpc) is 3.45. The quantitative estimate of drug-likeness (QED) is 0.0894. The highest BCUT2D eigenvalue weighted by Gasteiger charge is 2.36. The van der Waals surface area contributed by atoms with Crippen molar-refractivity contribution in [2.45, 2.75) is 38.0 Å². The van der Waals surface area contributed by atoms with Crippen molar-refractivity contribution in [2.75, 3.05) is 41.6 Å². The van der Waals surface area contributed by atoms with Gasteiger partial charge in [-0.25, -0.2) is 9.78 Å². The van der Waals surface area contributed by atoms with Crippen molar-refractivity contribution in [1.29, 1.82) is 0 Å². The lowest BCUT2D eigenvalue weighted by Gasteiger charge is -2.23. The molecular weight excluding hydrogens is 669 g/mol. The maximum absolute atomic E-state index is 13.6. The van der Waals surface area contributed by atoms with Crippen LogP contribution in [0.2, 0.25) is 0 Å². The number of hydrogen-bond donors (Lipinski definition) is 2. The molecule has 0 aliphatic rings. The van der Waals surface area contributed by atoms with E-state index >= 15 is 0 Å². The van der Waals surface area contributed by atoms with Crippen molar-refractivity contribution >= 4 is 73.2 Å². The normalized spacial score (nSPS) is 12.2. The number of amides is 2. The Hall–Kier alpha value is -3.66. The topological polar surface area (TPSA) is 170 Å². The lowest BCUT2D eigenvalue weighted by molar-refractivity contribution is -0.380. The third-order valence-electron chi connectivity index (χ3n) is 5.96. The molecule has 244 valence electrons. The predicted molar refractivity (Wildman–Crippen MR) is 174 cm³/mol. The highest BCUT2D eigenvalue weighted by molar-refractivity contribution is 7.87. The molecule has 0 saturated carbocycles. The van der Waals surface area contributed by atoms with Crippen LogP contribution >= 0.6 is 34.5 Å². The van der Waals surface area contributed by atoms with Gasteiger partial charge in [0.1, 0.15) is 29.0 Å². The molecule has 13 nitrogen and oxygen atoms in total. The third-order valence-corrected chi connectivity index (χ3v) is 8.72. The fraction of sp³-hybridized carbons (Fsp3) is 0.393. The highest BCUT2D eigenvalue weighted by Crippen LogP contribution is 2.38. The van der Waals surface area contributed by atoms with Crippen LogP contribution in [0.1, 0.15) is 37.1 Å². The number of anilines is 2. The van der Waals surface area contributed by atoms with E-state index in [1.54, 1.807) is 32.9 Å². The minimum absolute atomic E-state index is 0.0227. The number of hydrogen-bond acceptors (Lipinski definition) is 11. The van der Waals surface area contributed by atoms with Gasteiger partial charge in [-0.15, -0.1) is 23.2 Å². The Balaban J connectivity index is 1.77. The predicted octanol–water partition coefficient (Wildman–Crippen LogP) is 5.49. The second-order valence-corrected chi connectivity index (χ2v) is 13.9. The first-order valence-electron chi connectivity index (χ1n) is 13.6. The number of ether oxygens (including phenoxy) is 1. The van der Waals surface area contributed by atoms with Crippen molar-refractivity contribution < 1.29 is 31.9 Å². The monoisotopic (exact) mass is 701 g/mol. The number of benzene rings is 1. The Morgan fingerprint density at radius 3 is 2.31 bits per heavy atom. The summed E-state index contributed by atoms with van der Waals surface area (Å²) in [6, 6.07) is 10.7. The second kappa shape index (κ2) is 16.1. The van der Waals surface area contributed by atoms with Crippen molar-refractivity contribution in [3.05, 3.63) is 75.3 Å². The Bertz CT molecular complexity index is 1560. The van der Waals surface area contributed by atoms with E-state index in [0.717, 1.165) is 17.0 Å². The molecule has 0 fully saturated rings. The van der Waals surface area contributed by atoms with Crippen LogP contribution in [0.3, 0.4) is 0 Å². The summed E-state index contributed by atoms with van der Waals surface area (Å²) in [5.41, 5.74) is 0.428. The van der Waals surface area contributed by atoms with Crippen LogP contribution in [0.4, 0.5) is 21.3 Å². The van der Waals surface area contributed by atoms with E-state index in [-0.39, 0.29) is 35.1 Å². The number of halogens is 2. The number of thiophene rings is 1. The van der Waals surface area contributed by atoms with Crippen LogP contribution in [0.25, 0.3) is 0 Å². The van der Waals surface area contributed by atoms with Gasteiger partial charge in [0.05, 0.1) is 10.5 Å². The molecule has 1 unspecified atom stereocenters. The fourth-order valence-corrected chi connectivity index (χ4v) is 6.69. The molecule has 0 saturated heterocycles. The number of nitrogens with one attached hydrogen (secondary N) is 2. The van der Waals surface area contributed by atoms with E-state index in [1.165, 1.54) is 41.9 Å². The zero-order valence-electron chi connectivity index (χ0n) is 24.7. The molecule has 2 amide bonds. The molecular formula is C28H33Cl2N5O8S2. The number of alkyl halides is 2. The molecule has 0 aliphatic carbocycles. The molecule has 2 aromatic heterocycles. The number of aromatic nitrogens is 1. The van der Waals surface area contributed by atoms with Gasteiger partial charge in [0.15, 0.2) is 0 Å². The molecule has 0 radical (unpaired) electrons. The fourth-order valence-electron chi connectivity index (χ4n) is 4.04. The first-order valence-corrected chi connectivity index (χ1v) is 17.0. The van der Waals surface area contributed by atoms with Gasteiger partial charge in [0.25, 0.3) is 0 Å². The van der Waals surface area contributed by atoms with Gasteiger partial charge in [-0.05, 0) is 74.5 Å². The van der Waals surface area contributed by atoms with E-state index in [0.29, 0.717) is 30.4 Å². The van der Waals surface area contributed by atoms with Crippen LogP contribution in [0.5, 0.6) is 5.75 Å². The van der Waals surface area contributed by atoms with Gasteiger partial charge in [-0.1, -0.05) is 17.4 Å². The summed E-state index contributed by atoms with van der Waals surface area (Å²) in [7, 11) is -4.47. The molecule has 1 atom stereocenters. The van der Waals surface area contributed by atoms with E-state index in [4.69, 9.17) is 32.1 Å². The highest BCUT2D eigenvalue weighted by atomic mass is 35.5. The third kappa shape index (κ3) is 11.0. The Labute approximate surface area is 275 Å². The summed E-state index contributed by atoms with van der Waals surface area (Å²) in [5, 5.41) is 16.2. The largest absolute Gasteiger partial charge is 0.444 e. The first-order chi connectivity index (χ1) is 21.2. The van der Waals surface area contributed by atoms with Crippen molar-refractivity contribution in [3.8, 4) is 5.75 Å². The number of nitro groups is 1. The van der Waals surface area contributed by atoms with Gasteiger partial charge in [-0.3, -0.25) is 14.9 Å². The molecule has 0 spiro atoms. The number of nitrogens with zero attached hydrogens (tertiary/aromatic N) is 3. The van der Waals surface area contributed by atoms with Crippen LogP contribution in [-0.2, 0) is 26.1 Å². The zero-order chi connectivity index (χ0) is 33.2. The molecule has 0 aliphatic heterocycles. The maximum atomic E-state index is 13.6. The number of rotatable bonds is 15. The molecule has 3 rings (SSSR count). The van der Waals surface area contributed by atoms with Crippen LogP contribution in [0, 0.1) is 10.1 Å². The van der Waals surface area contributed by atoms with Gasteiger partial charge in [0, 0.05) is 36.7 Å². The summed E-state index contributed by atoms with van der Waals surface area (Å²) < 4.78 is 37.8. The molecule has 1 aromatic carbocycles. The van der Waals surface area contributed by atoms with Crippen molar-refractivity contribution in [3.63, 3.8) is 0 Å². The van der Waals surface area contributed by atoms with Gasteiger partial charge in [-0.2, -0.15) is 8.42 Å². The lowest BCUT2D eigenvalue weighted by Crippen LogP contribution is -2.37. The van der Waals surface area contributed by atoms with E-state index in [9.17, 15) is 28.1 Å². The second-order valence-electron chi connectivity index (χ2n) is 10.5. The number of carbonyl (C=O) groups is 2. The molecule has 2 heterocycles. The van der Waals surface area contributed by atoms with Crippen LogP contribution in [-0.4, -0.2) is 67.3 Å².